The molecule has 2 aromatic rings. The van der Waals surface area contributed by atoms with Crippen molar-refractivity contribution >= 4 is 46.8 Å². The van der Waals surface area contributed by atoms with Gasteiger partial charge in [0.25, 0.3) is 0 Å². The molecule has 7 heteroatoms. The maximum Gasteiger partial charge on any atom is 0.226 e. The fourth-order valence-corrected chi connectivity index (χ4v) is 5.10. The highest BCUT2D eigenvalue weighted by Gasteiger charge is 2.50. The zero-order valence-corrected chi connectivity index (χ0v) is 19.9. The maximum atomic E-state index is 13.3. The lowest BCUT2D eigenvalue weighted by Crippen LogP contribution is -2.58. The van der Waals surface area contributed by atoms with E-state index in [4.69, 9.17) is 28.2 Å². The highest BCUT2D eigenvalue weighted by molar-refractivity contribution is 6.34. The summed E-state index contributed by atoms with van der Waals surface area (Å²) in [7, 11) is 0. The van der Waals surface area contributed by atoms with E-state index in [1.165, 1.54) is 0 Å². The van der Waals surface area contributed by atoms with Crippen molar-refractivity contribution in [3.8, 4) is 0 Å². The van der Waals surface area contributed by atoms with Crippen LogP contribution in [0.4, 0.5) is 5.69 Å². The number of nitrogens with one attached hydrogen (secondary N) is 2. The molecule has 1 heterocycles. The average molecular weight is 482 g/mol. The molecular formula is C26H25Cl2N3O2. The van der Waals surface area contributed by atoms with Gasteiger partial charge in [-0.3, -0.25) is 14.6 Å². The molecule has 0 bridgehead atoms. The van der Waals surface area contributed by atoms with Crippen LogP contribution < -0.4 is 10.6 Å². The fraction of sp³-hybridized carbons (Fsp3) is 0.269. The van der Waals surface area contributed by atoms with Gasteiger partial charge in [0.15, 0.2) is 5.78 Å². The molecule has 33 heavy (non-hydrogen) atoms. The first-order chi connectivity index (χ1) is 15.8. The van der Waals surface area contributed by atoms with Gasteiger partial charge in [-0.1, -0.05) is 73.5 Å². The number of ketones is 1. The number of rotatable bonds is 5. The van der Waals surface area contributed by atoms with Gasteiger partial charge in [0.1, 0.15) is 6.17 Å². The van der Waals surface area contributed by atoms with Crippen LogP contribution in [0.15, 0.2) is 71.8 Å². The normalized spacial score (nSPS) is 23.7. The van der Waals surface area contributed by atoms with Gasteiger partial charge in [-0.25, -0.2) is 0 Å². The molecule has 0 fully saturated rings. The summed E-state index contributed by atoms with van der Waals surface area (Å²) in [5.41, 5.74) is 1.56. The molecular weight excluding hydrogens is 457 g/mol. The van der Waals surface area contributed by atoms with Crippen molar-refractivity contribution in [2.45, 2.75) is 32.5 Å². The number of carbonyl (C=O) groups excluding carboxylic acids is 2. The Labute approximate surface area is 203 Å². The Kier molecular flexibility index (Phi) is 6.73. The van der Waals surface area contributed by atoms with Crippen molar-refractivity contribution in [1.82, 2.24) is 5.32 Å². The summed E-state index contributed by atoms with van der Waals surface area (Å²) in [5.74, 6) is -0.307. The Morgan fingerprint density at radius 2 is 1.88 bits per heavy atom. The SMILES string of the molecule is CC(C)C1(C2Nc3ccccc3C=N[C@@H]2NC(=O)Cc2cc(Cl)cc(Cl)c2)C=CC=CC1=O. The van der Waals surface area contributed by atoms with Gasteiger partial charge >= 0.3 is 0 Å². The number of para-hydroxylation sites is 1. The minimum atomic E-state index is -0.888. The minimum absolute atomic E-state index is 0.0204. The Balaban J connectivity index is 1.69. The van der Waals surface area contributed by atoms with E-state index >= 15 is 0 Å². The van der Waals surface area contributed by atoms with E-state index in [9.17, 15) is 9.59 Å². The van der Waals surface area contributed by atoms with E-state index in [-0.39, 0.29) is 24.0 Å². The van der Waals surface area contributed by atoms with E-state index in [0.717, 1.165) is 11.3 Å². The van der Waals surface area contributed by atoms with Gasteiger partial charge < -0.3 is 10.6 Å². The van der Waals surface area contributed by atoms with E-state index in [1.807, 2.05) is 50.3 Å². The van der Waals surface area contributed by atoms with Crippen LogP contribution in [0.5, 0.6) is 0 Å². The van der Waals surface area contributed by atoms with Crippen LogP contribution in [0.3, 0.4) is 0 Å². The number of allylic oxidation sites excluding steroid dienone is 3. The number of hydrogen-bond acceptors (Lipinski definition) is 4. The van der Waals surface area contributed by atoms with Gasteiger partial charge in [0.2, 0.25) is 5.91 Å². The summed E-state index contributed by atoms with van der Waals surface area (Å²) in [5, 5.41) is 7.50. The molecule has 0 saturated carbocycles. The number of amides is 1. The molecule has 4 rings (SSSR count). The molecule has 3 atom stereocenters. The maximum absolute atomic E-state index is 13.3. The Bertz CT molecular complexity index is 1150. The van der Waals surface area contributed by atoms with Crippen LogP contribution >= 0.6 is 23.2 Å². The van der Waals surface area contributed by atoms with E-state index in [0.29, 0.717) is 15.6 Å². The third-order valence-electron chi connectivity index (χ3n) is 6.19. The lowest BCUT2D eigenvalue weighted by molar-refractivity contribution is -0.126. The monoisotopic (exact) mass is 481 g/mol. The summed E-state index contributed by atoms with van der Waals surface area (Å²) in [4.78, 5) is 31.1. The number of hydrogen-bond donors (Lipinski definition) is 2. The smallest absolute Gasteiger partial charge is 0.226 e. The van der Waals surface area contributed by atoms with Gasteiger partial charge in [-0.15, -0.1) is 0 Å². The second kappa shape index (κ2) is 9.54. The summed E-state index contributed by atoms with van der Waals surface area (Å²) in [6, 6.07) is 12.3. The van der Waals surface area contributed by atoms with Crippen molar-refractivity contribution < 1.29 is 9.59 Å². The second-order valence-corrected chi connectivity index (χ2v) is 9.50. The van der Waals surface area contributed by atoms with Gasteiger partial charge in [0, 0.05) is 27.5 Å². The molecule has 0 saturated heterocycles. The number of aliphatic imine (C=N–C) groups is 1. The van der Waals surface area contributed by atoms with Crippen LogP contribution in [-0.4, -0.2) is 30.1 Å². The van der Waals surface area contributed by atoms with Crippen LogP contribution in [0.2, 0.25) is 10.0 Å². The Morgan fingerprint density at radius 3 is 2.58 bits per heavy atom. The summed E-state index contributed by atoms with van der Waals surface area (Å²) >= 11 is 12.2. The number of halogens is 2. The topological polar surface area (TPSA) is 70.6 Å². The van der Waals surface area contributed by atoms with Crippen molar-refractivity contribution in [1.29, 1.82) is 0 Å². The largest absolute Gasteiger partial charge is 0.376 e. The van der Waals surface area contributed by atoms with Crippen LogP contribution in [0.25, 0.3) is 0 Å². The first-order valence-corrected chi connectivity index (χ1v) is 11.6. The predicted octanol–water partition coefficient (Wildman–Crippen LogP) is 5.23. The van der Waals surface area contributed by atoms with E-state index in [2.05, 4.69) is 10.6 Å². The molecule has 5 nitrogen and oxygen atoms in total. The molecule has 1 aliphatic heterocycles. The molecule has 1 amide bonds. The number of anilines is 1. The molecule has 1 aliphatic carbocycles. The summed E-state index contributed by atoms with van der Waals surface area (Å²) < 4.78 is 0. The van der Waals surface area contributed by atoms with Crippen LogP contribution in [0.1, 0.15) is 25.0 Å². The third kappa shape index (κ3) is 4.75. The molecule has 0 spiro atoms. The average Bonchev–Trinajstić information content (AvgIpc) is 2.93. The zero-order chi connectivity index (χ0) is 23.6. The Morgan fingerprint density at radius 1 is 1.15 bits per heavy atom. The molecule has 2 unspecified atom stereocenters. The standard InChI is InChI=1S/C26H25Cl2N3O2/c1-16(2)26(10-6-5-9-22(26)32)24-25(29-15-18-7-3-4-8-21(18)30-24)31-23(33)13-17-11-19(27)14-20(28)12-17/h3-12,14-16,24-25,30H,13H2,1-2H3,(H,31,33)/t24?,25-,26?/m1/s1. The number of fused-ring (bicyclic) bond motifs is 1. The zero-order valence-electron chi connectivity index (χ0n) is 18.4. The number of benzodiazepines with no additional fused rings is 1. The first kappa shape index (κ1) is 23.3. The molecule has 0 aromatic heterocycles. The second-order valence-electron chi connectivity index (χ2n) is 8.62. The highest BCUT2D eigenvalue weighted by Crippen LogP contribution is 2.41. The van der Waals surface area contributed by atoms with E-state index < -0.39 is 17.6 Å². The van der Waals surface area contributed by atoms with Gasteiger partial charge in [-0.2, -0.15) is 0 Å². The molecule has 0 radical (unpaired) electrons. The Hall–Kier alpha value is -2.89. The highest BCUT2D eigenvalue weighted by atomic mass is 35.5. The summed E-state index contributed by atoms with van der Waals surface area (Å²) in [6.07, 6.45) is 8.30. The van der Waals surface area contributed by atoms with Crippen LogP contribution in [0, 0.1) is 11.3 Å². The number of carbonyl (C=O) groups is 2. The number of nitrogens with zero attached hydrogens (tertiary/aromatic N) is 1. The lowest BCUT2D eigenvalue weighted by atomic mass is 9.65. The first-order valence-electron chi connectivity index (χ1n) is 10.8. The molecule has 2 aliphatic rings. The predicted molar refractivity (Wildman–Crippen MR) is 134 cm³/mol. The van der Waals surface area contributed by atoms with Gasteiger partial charge in [0.05, 0.1) is 17.9 Å². The van der Waals surface area contributed by atoms with Crippen molar-refractivity contribution in [2.75, 3.05) is 5.32 Å². The van der Waals surface area contributed by atoms with Crippen molar-refractivity contribution in [2.24, 2.45) is 16.3 Å². The fourth-order valence-electron chi connectivity index (χ4n) is 4.53. The van der Waals surface area contributed by atoms with Gasteiger partial charge in [-0.05, 0) is 41.8 Å². The lowest BCUT2D eigenvalue weighted by Gasteiger charge is -2.43. The molecule has 2 N–H and O–H groups in total. The third-order valence-corrected chi connectivity index (χ3v) is 6.62. The van der Waals surface area contributed by atoms with Crippen LogP contribution in [-0.2, 0) is 16.0 Å². The van der Waals surface area contributed by atoms with Crippen molar-refractivity contribution in [3.05, 3.63) is 87.9 Å². The van der Waals surface area contributed by atoms with Crippen molar-refractivity contribution in [3.63, 3.8) is 0 Å². The molecule has 2 aromatic carbocycles. The molecule has 170 valence electrons. The van der Waals surface area contributed by atoms with E-state index in [1.54, 1.807) is 36.6 Å². The quantitative estimate of drug-likeness (QED) is 0.613. The minimum Gasteiger partial charge on any atom is -0.376 e. The summed E-state index contributed by atoms with van der Waals surface area (Å²) in [6.45, 7) is 4.02. The number of benzene rings is 2.